The largest absolute Gasteiger partial charge is 0.456 e. The average molecular weight is 608 g/mol. The maximum absolute atomic E-state index is 14.0. The highest BCUT2D eigenvalue weighted by molar-refractivity contribution is 6.13. The van der Waals surface area contributed by atoms with Gasteiger partial charge in [-0.15, -0.1) is 0 Å². The van der Waals surface area contributed by atoms with Gasteiger partial charge in [0.05, 0.1) is 35.3 Å². The van der Waals surface area contributed by atoms with Crippen LogP contribution < -0.4 is 15.4 Å². The fraction of sp³-hybridized carbons (Fsp3) is 0.265. The number of anilines is 2. The minimum absolute atomic E-state index is 0.0957. The molecule has 10 nitrogen and oxygen atoms in total. The standard InChI is InChI=1S/C34H34FN7O3/c1-20(2)12-30(43)39-23-14-25(17-37-16-23)45-24-9-10-28(40-31-8-3-4-11-44-31)26(15-24)32(36)34-41-29-19-38-18-27(33(29)42-34)21-6-5-7-22(35)13-21/h5-7,9-10,13-20,31,36,40H,3-4,8,11-12H2,1-2H3,(H,39,43)(H,41,42). The quantitative estimate of drug-likeness (QED) is 0.122. The number of aromatic amines is 1. The number of carbonyl (C=O) groups is 1. The zero-order valence-corrected chi connectivity index (χ0v) is 25.1. The Labute approximate surface area is 260 Å². The van der Waals surface area contributed by atoms with Crippen LogP contribution in [-0.2, 0) is 9.53 Å². The number of fused-ring (bicyclic) bond motifs is 1. The van der Waals surface area contributed by atoms with E-state index >= 15 is 0 Å². The number of hydrogen-bond acceptors (Lipinski definition) is 8. The van der Waals surface area contributed by atoms with Gasteiger partial charge >= 0.3 is 0 Å². The molecule has 1 aliphatic rings. The number of aromatic nitrogens is 4. The lowest BCUT2D eigenvalue weighted by Gasteiger charge is -2.26. The van der Waals surface area contributed by atoms with E-state index in [1.807, 2.05) is 19.9 Å². The first kappa shape index (κ1) is 29.9. The lowest BCUT2D eigenvalue weighted by molar-refractivity contribution is -0.116. The maximum Gasteiger partial charge on any atom is 0.224 e. The molecule has 45 heavy (non-hydrogen) atoms. The molecule has 0 radical (unpaired) electrons. The summed E-state index contributed by atoms with van der Waals surface area (Å²) in [6.07, 6.45) is 9.52. The summed E-state index contributed by atoms with van der Waals surface area (Å²) in [6, 6.07) is 13.4. The van der Waals surface area contributed by atoms with Crippen LogP contribution in [0.4, 0.5) is 15.8 Å². The summed E-state index contributed by atoms with van der Waals surface area (Å²) in [4.78, 5) is 28.8. The molecule has 4 heterocycles. The molecule has 230 valence electrons. The van der Waals surface area contributed by atoms with Gasteiger partial charge in [-0.05, 0) is 61.1 Å². The Morgan fingerprint density at radius 3 is 2.76 bits per heavy atom. The Kier molecular flexibility index (Phi) is 8.79. The fourth-order valence-corrected chi connectivity index (χ4v) is 5.26. The number of carbonyl (C=O) groups excluding carboxylic acids is 1. The molecule has 3 aromatic heterocycles. The van der Waals surface area contributed by atoms with Crippen molar-refractivity contribution in [2.24, 2.45) is 5.92 Å². The first-order valence-electron chi connectivity index (χ1n) is 15.0. The van der Waals surface area contributed by atoms with Crippen molar-refractivity contribution in [3.05, 3.63) is 90.5 Å². The van der Waals surface area contributed by atoms with E-state index in [1.165, 1.54) is 12.1 Å². The zero-order valence-electron chi connectivity index (χ0n) is 25.1. The van der Waals surface area contributed by atoms with Gasteiger partial charge in [0.2, 0.25) is 5.91 Å². The normalized spacial score (nSPS) is 14.8. The molecular formula is C34H34FN7O3. The van der Waals surface area contributed by atoms with Crippen LogP contribution in [0.25, 0.3) is 22.2 Å². The van der Waals surface area contributed by atoms with Crippen molar-refractivity contribution in [2.75, 3.05) is 17.2 Å². The van der Waals surface area contributed by atoms with Gasteiger partial charge < -0.3 is 25.1 Å². The van der Waals surface area contributed by atoms with Gasteiger partial charge in [-0.2, -0.15) is 0 Å². The second-order valence-electron chi connectivity index (χ2n) is 11.4. The topological polar surface area (TPSA) is 138 Å². The molecular weight excluding hydrogens is 573 g/mol. The summed E-state index contributed by atoms with van der Waals surface area (Å²) in [5.41, 5.74) is 4.37. The van der Waals surface area contributed by atoms with Crippen LogP contribution in [0.1, 0.15) is 50.9 Å². The molecule has 11 heteroatoms. The lowest BCUT2D eigenvalue weighted by atomic mass is 10.1. The Balaban J connectivity index is 1.32. The van der Waals surface area contributed by atoms with E-state index in [9.17, 15) is 14.6 Å². The summed E-state index contributed by atoms with van der Waals surface area (Å²) < 4.78 is 26.1. The Hall–Kier alpha value is -5.16. The van der Waals surface area contributed by atoms with Crippen LogP contribution in [0, 0.1) is 17.1 Å². The first-order chi connectivity index (χ1) is 21.8. The van der Waals surface area contributed by atoms with Crippen molar-refractivity contribution in [1.82, 2.24) is 19.9 Å². The molecule has 2 aromatic carbocycles. The molecule has 1 atom stereocenters. The summed E-state index contributed by atoms with van der Waals surface area (Å²) >= 11 is 0. The summed E-state index contributed by atoms with van der Waals surface area (Å²) in [5, 5.41) is 15.5. The van der Waals surface area contributed by atoms with Gasteiger partial charge in [0.1, 0.15) is 29.3 Å². The molecule has 0 aliphatic carbocycles. The molecule has 0 saturated carbocycles. The summed E-state index contributed by atoms with van der Waals surface area (Å²) in [6.45, 7) is 4.64. The first-order valence-corrected chi connectivity index (χ1v) is 15.0. The highest BCUT2D eigenvalue weighted by atomic mass is 19.1. The molecule has 4 N–H and O–H groups in total. The molecule has 0 spiro atoms. The van der Waals surface area contributed by atoms with Crippen molar-refractivity contribution >= 4 is 34.0 Å². The van der Waals surface area contributed by atoms with E-state index in [0.29, 0.717) is 69.4 Å². The maximum atomic E-state index is 14.0. The van der Waals surface area contributed by atoms with Crippen LogP contribution in [0.5, 0.6) is 11.5 Å². The Bertz CT molecular complexity index is 1850. The number of rotatable bonds is 10. The lowest BCUT2D eigenvalue weighted by Crippen LogP contribution is -2.28. The van der Waals surface area contributed by atoms with Crippen LogP contribution in [0.2, 0.25) is 0 Å². The molecule has 1 fully saturated rings. The summed E-state index contributed by atoms with van der Waals surface area (Å²) in [5.74, 6) is 0.993. The van der Waals surface area contributed by atoms with Crippen LogP contribution >= 0.6 is 0 Å². The van der Waals surface area contributed by atoms with Crippen molar-refractivity contribution in [3.63, 3.8) is 0 Å². The van der Waals surface area contributed by atoms with E-state index in [2.05, 4.69) is 25.6 Å². The third-order valence-electron chi connectivity index (χ3n) is 7.35. The SMILES string of the molecule is CC(C)CC(=O)Nc1cncc(Oc2ccc(NC3CCCCO3)c(C(=N)c3nc4c(-c5cccc(F)c5)cncc4[nH]3)c2)c1. The van der Waals surface area contributed by atoms with Gasteiger partial charge in [0.15, 0.2) is 5.82 Å². The smallest absolute Gasteiger partial charge is 0.224 e. The van der Waals surface area contributed by atoms with Gasteiger partial charge in [-0.3, -0.25) is 20.2 Å². The molecule has 1 amide bonds. The van der Waals surface area contributed by atoms with E-state index < -0.39 is 0 Å². The number of ether oxygens (including phenoxy) is 2. The molecule has 6 rings (SSSR count). The van der Waals surface area contributed by atoms with Gasteiger partial charge in [-0.1, -0.05) is 26.0 Å². The van der Waals surface area contributed by atoms with Crippen molar-refractivity contribution in [3.8, 4) is 22.6 Å². The average Bonchev–Trinajstić information content (AvgIpc) is 3.46. The second kappa shape index (κ2) is 13.2. The highest BCUT2D eigenvalue weighted by Gasteiger charge is 2.21. The van der Waals surface area contributed by atoms with Crippen LogP contribution in [-0.4, -0.2) is 44.4 Å². The van der Waals surface area contributed by atoms with Crippen LogP contribution in [0.15, 0.2) is 73.3 Å². The number of hydrogen-bond donors (Lipinski definition) is 4. The third-order valence-corrected chi connectivity index (χ3v) is 7.35. The number of pyridine rings is 2. The third kappa shape index (κ3) is 7.15. The molecule has 5 aromatic rings. The Morgan fingerprint density at radius 1 is 1.09 bits per heavy atom. The van der Waals surface area contributed by atoms with Gasteiger partial charge in [0, 0.05) is 42.1 Å². The number of nitrogens with zero attached hydrogens (tertiary/aromatic N) is 3. The van der Waals surface area contributed by atoms with Crippen molar-refractivity contribution < 1.29 is 18.7 Å². The van der Waals surface area contributed by atoms with E-state index in [1.54, 1.807) is 55.1 Å². The summed E-state index contributed by atoms with van der Waals surface area (Å²) in [7, 11) is 0. The van der Waals surface area contributed by atoms with Crippen molar-refractivity contribution in [2.45, 2.75) is 45.8 Å². The van der Waals surface area contributed by atoms with E-state index in [4.69, 9.17) is 14.5 Å². The highest BCUT2D eigenvalue weighted by Crippen LogP contribution is 2.32. The minimum Gasteiger partial charge on any atom is -0.456 e. The predicted molar refractivity (Wildman–Crippen MR) is 171 cm³/mol. The molecule has 0 bridgehead atoms. The monoisotopic (exact) mass is 607 g/mol. The number of nitrogens with one attached hydrogen (secondary N) is 4. The minimum atomic E-state index is -0.357. The molecule has 1 saturated heterocycles. The van der Waals surface area contributed by atoms with E-state index in [0.717, 1.165) is 19.3 Å². The zero-order chi connectivity index (χ0) is 31.3. The van der Waals surface area contributed by atoms with Gasteiger partial charge in [0.25, 0.3) is 0 Å². The van der Waals surface area contributed by atoms with Crippen LogP contribution in [0.3, 0.4) is 0 Å². The second-order valence-corrected chi connectivity index (χ2v) is 11.4. The Morgan fingerprint density at radius 2 is 1.96 bits per heavy atom. The predicted octanol–water partition coefficient (Wildman–Crippen LogP) is 7.29. The van der Waals surface area contributed by atoms with E-state index in [-0.39, 0.29) is 29.6 Å². The number of imidazole rings is 1. The van der Waals surface area contributed by atoms with Gasteiger partial charge in [-0.25, -0.2) is 9.37 Å². The number of halogens is 1. The van der Waals surface area contributed by atoms with Crippen molar-refractivity contribution in [1.29, 1.82) is 5.41 Å². The molecule has 1 unspecified atom stereocenters. The number of amides is 1. The fourth-order valence-electron chi connectivity index (χ4n) is 5.26. The number of benzene rings is 2. The number of H-pyrrole nitrogens is 1. The molecule has 1 aliphatic heterocycles.